The van der Waals surface area contributed by atoms with Gasteiger partial charge in [0, 0.05) is 24.2 Å². The lowest BCUT2D eigenvalue weighted by Crippen LogP contribution is -2.32. The van der Waals surface area contributed by atoms with Crippen molar-refractivity contribution < 1.29 is 5.11 Å². The van der Waals surface area contributed by atoms with E-state index in [0.29, 0.717) is 12.6 Å². The summed E-state index contributed by atoms with van der Waals surface area (Å²) in [5.74, 6) is 0. The SMILES string of the molecule is CC(C)N(CCO)Cc1cccc(Cl)c1. The third-order valence-corrected chi connectivity index (χ3v) is 2.63. The molecule has 0 bridgehead atoms. The average Bonchev–Trinajstić information content (AvgIpc) is 2.17. The van der Waals surface area contributed by atoms with Crippen molar-refractivity contribution in [3.63, 3.8) is 0 Å². The highest BCUT2D eigenvalue weighted by atomic mass is 35.5. The van der Waals surface area contributed by atoms with E-state index in [2.05, 4.69) is 24.8 Å². The normalized spacial score (nSPS) is 11.3. The van der Waals surface area contributed by atoms with Gasteiger partial charge in [0.2, 0.25) is 0 Å². The fraction of sp³-hybridized carbons (Fsp3) is 0.500. The largest absolute Gasteiger partial charge is 0.395 e. The molecule has 0 radical (unpaired) electrons. The first-order chi connectivity index (χ1) is 7.13. The summed E-state index contributed by atoms with van der Waals surface area (Å²) in [7, 11) is 0. The molecule has 84 valence electrons. The zero-order chi connectivity index (χ0) is 11.3. The molecule has 0 saturated heterocycles. The molecular formula is C12H18ClNO. The maximum absolute atomic E-state index is 8.95. The zero-order valence-corrected chi connectivity index (χ0v) is 10.0. The van der Waals surface area contributed by atoms with Crippen molar-refractivity contribution in [1.82, 2.24) is 4.90 Å². The minimum Gasteiger partial charge on any atom is -0.395 e. The molecule has 0 spiro atoms. The molecule has 0 heterocycles. The van der Waals surface area contributed by atoms with Crippen molar-refractivity contribution in [1.29, 1.82) is 0 Å². The van der Waals surface area contributed by atoms with E-state index in [-0.39, 0.29) is 6.61 Å². The summed E-state index contributed by atoms with van der Waals surface area (Å²) in [4.78, 5) is 2.21. The van der Waals surface area contributed by atoms with Crippen LogP contribution in [0.5, 0.6) is 0 Å². The molecule has 1 N–H and O–H groups in total. The van der Waals surface area contributed by atoms with Crippen molar-refractivity contribution in [2.75, 3.05) is 13.2 Å². The van der Waals surface area contributed by atoms with Crippen molar-refractivity contribution >= 4 is 11.6 Å². The van der Waals surface area contributed by atoms with Gasteiger partial charge < -0.3 is 5.11 Å². The Morgan fingerprint density at radius 3 is 2.67 bits per heavy atom. The van der Waals surface area contributed by atoms with Gasteiger partial charge in [0.25, 0.3) is 0 Å². The summed E-state index contributed by atoms with van der Waals surface area (Å²) in [6, 6.07) is 8.27. The third-order valence-electron chi connectivity index (χ3n) is 2.39. The van der Waals surface area contributed by atoms with Gasteiger partial charge in [-0.3, -0.25) is 4.90 Å². The van der Waals surface area contributed by atoms with Gasteiger partial charge >= 0.3 is 0 Å². The predicted octanol–water partition coefficient (Wildman–Crippen LogP) is 2.54. The molecule has 0 aliphatic rings. The molecule has 3 heteroatoms. The van der Waals surface area contributed by atoms with E-state index in [0.717, 1.165) is 11.6 Å². The van der Waals surface area contributed by atoms with Crippen LogP contribution < -0.4 is 0 Å². The maximum Gasteiger partial charge on any atom is 0.0558 e. The second kappa shape index (κ2) is 6.11. The molecule has 15 heavy (non-hydrogen) atoms. The zero-order valence-electron chi connectivity index (χ0n) is 9.28. The van der Waals surface area contributed by atoms with Crippen LogP contribution in [-0.2, 0) is 6.54 Å². The fourth-order valence-corrected chi connectivity index (χ4v) is 1.73. The predicted molar refractivity (Wildman–Crippen MR) is 64.1 cm³/mol. The van der Waals surface area contributed by atoms with Crippen LogP contribution in [0.25, 0.3) is 0 Å². The summed E-state index contributed by atoms with van der Waals surface area (Å²) < 4.78 is 0. The molecule has 0 aliphatic carbocycles. The van der Waals surface area contributed by atoms with Gasteiger partial charge in [0.1, 0.15) is 0 Å². The monoisotopic (exact) mass is 227 g/mol. The second-order valence-electron chi connectivity index (χ2n) is 3.92. The van der Waals surface area contributed by atoms with Crippen molar-refractivity contribution in [2.45, 2.75) is 26.4 Å². The first-order valence-electron chi connectivity index (χ1n) is 5.23. The third kappa shape index (κ3) is 4.20. The standard InChI is InChI=1S/C12H18ClNO/c1-10(2)14(6-7-15)9-11-4-3-5-12(13)8-11/h3-5,8,10,15H,6-7,9H2,1-2H3. The summed E-state index contributed by atoms with van der Waals surface area (Å²) in [5, 5.41) is 9.71. The lowest BCUT2D eigenvalue weighted by atomic mass is 10.2. The molecule has 0 atom stereocenters. The summed E-state index contributed by atoms with van der Waals surface area (Å²) in [6.07, 6.45) is 0. The van der Waals surface area contributed by atoms with Gasteiger partial charge in [-0.1, -0.05) is 23.7 Å². The van der Waals surface area contributed by atoms with Crippen LogP contribution in [0.2, 0.25) is 5.02 Å². The molecule has 0 fully saturated rings. The van der Waals surface area contributed by atoms with E-state index in [1.807, 2.05) is 18.2 Å². The Bertz CT molecular complexity index is 301. The minimum absolute atomic E-state index is 0.193. The first kappa shape index (κ1) is 12.5. The molecule has 1 aromatic rings. The van der Waals surface area contributed by atoms with Gasteiger partial charge in [-0.25, -0.2) is 0 Å². The molecule has 2 nitrogen and oxygen atoms in total. The van der Waals surface area contributed by atoms with Crippen molar-refractivity contribution in [3.8, 4) is 0 Å². The molecule has 0 amide bonds. The number of halogens is 1. The van der Waals surface area contributed by atoms with Crippen LogP contribution >= 0.6 is 11.6 Å². The van der Waals surface area contributed by atoms with Gasteiger partial charge in [-0.2, -0.15) is 0 Å². The number of nitrogens with zero attached hydrogens (tertiary/aromatic N) is 1. The molecule has 0 aliphatic heterocycles. The number of aliphatic hydroxyl groups excluding tert-OH is 1. The lowest BCUT2D eigenvalue weighted by Gasteiger charge is -2.25. The number of aliphatic hydroxyl groups is 1. The minimum atomic E-state index is 0.193. The van der Waals surface area contributed by atoms with Crippen molar-refractivity contribution in [3.05, 3.63) is 34.9 Å². The molecule has 1 rings (SSSR count). The Morgan fingerprint density at radius 1 is 1.40 bits per heavy atom. The van der Waals surface area contributed by atoms with E-state index in [1.165, 1.54) is 5.56 Å². The molecular weight excluding hydrogens is 210 g/mol. The van der Waals surface area contributed by atoms with Crippen LogP contribution in [0, 0.1) is 0 Å². The van der Waals surface area contributed by atoms with E-state index >= 15 is 0 Å². The van der Waals surface area contributed by atoms with Gasteiger partial charge in [0.15, 0.2) is 0 Å². The average molecular weight is 228 g/mol. The fourth-order valence-electron chi connectivity index (χ4n) is 1.52. The smallest absolute Gasteiger partial charge is 0.0558 e. The van der Waals surface area contributed by atoms with Crippen LogP contribution in [0.1, 0.15) is 19.4 Å². The summed E-state index contributed by atoms with van der Waals surface area (Å²) >= 11 is 5.92. The van der Waals surface area contributed by atoms with E-state index < -0.39 is 0 Å². The number of hydrogen-bond acceptors (Lipinski definition) is 2. The van der Waals surface area contributed by atoms with Crippen LogP contribution in [0.15, 0.2) is 24.3 Å². The maximum atomic E-state index is 8.95. The molecule has 1 aromatic carbocycles. The summed E-state index contributed by atoms with van der Waals surface area (Å²) in [6.45, 7) is 5.97. The highest BCUT2D eigenvalue weighted by molar-refractivity contribution is 6.30. The highest BCUT2D eigenvalue weighted by Crippen LogP contribution is 2.13. The van der Waals surface area contributed by atoms with Crippen LogP contribution in [0.4, 0.5) is 0 Å². The van der Waals surface area contributed by atoms with E-state index in [1.54, 1.807) is 0 Å². The van der Waals surface area contributed by atoms with E-state index in [4.69, 9.17) is 16.7 Å². The number of benzene rings is 1. The molecule has 0 saturated carbocycles. The first-order valence-corrected chi connectivity index (χ1v) is 5.60. The van der Waals surface area contributed by atoms with Crippen LogP contribution in [-0.4, -0.2) is 29.2 Å². The molecule has 0 aromatic heterocycles. The van der Waals surface area contributed by atoms with Crippen LogP contribution in [0.3, 0.4) is 0 Å². The number of hydrogen-bond donors (Lipinski definition) is 1. The van der Waals surface area contributed by atoms with Gasteiger partial charge in [-0.05, 0) is 31.5 Å². The molecule has 0 unspecified atom stereocenters. The van der Waals surface area contributed by atoms with Gasteiger partial charge in [-0.15, -0.1) is 0 Å². The second-order valence-corrected chi connectivity index (χ2v) is 4.35. The van der Waals surface area contributed by atoms with Crippen molar-refractivity contribution in [2.24, 2.45) is 0 Å². The summed E-state index contributed by atoms with van der Waals surface area (Å²) in [5.41, 5.74) is 1.18. The van der Waals surface area contributed by atoms with Gasteiger partial charge in [0.05, 0.1) is 6.61 Å². The Morgan fingerprint density at radius 2 is 2.13 bits per heavy atom. The number of rotatable bonds is 5. The topological polar surface area (TPSA) is 23.5 Å². The lowest BCUT2D eigenvalue weighted by molar-refractivity contribution is 0.159. The quantitative estimate of drug-likeness (QED) is 0.836. The Hall–Kier alpha value is -0.570. The highest BCUT2D eigenvalue weighted by Gasteiger charge is 2.09. The Balaban J connectivity index is 2.65. The van der Waals surface area contributed by atoms with E-state index in [9.17, 15) is 0 Å². The Labute approximate surface area is 96.5 Å². The Kier molecular flexibility index (Phi) is 5.09.